The lowest BCUT2D eigenvalue weighted by Gasteiger charge is -2.06. The van der Waals surface area contributed by atoms with Crippen molar-refractivity contribution >= 4 is 31.6 Å². The van der Waals surface area contributed by atoms with Crippen LogP contribution >= 0.6 is 15.9 Å². The number of sulfonamides is 1. The van der Waals surface area contributed by atoms with Crippen molar-refractivity contribution in [3.63, 3.8) is 0 Å². The number of benzene rings is 1. The van der Waals surface area contributed by atoms with E-state index in [2.05, 4.69) is 31.1 Å². The fourth-order valence-corrected chi connectivity index (χ4v) is 2.98. The highest BCUT2D eigenvalue weighted by Gasteiger charge is 2.16. The maximum Gasteiger partial charge on any atom is 0.265 e. The zero-order valence-electron chi connectivity index (χ0n) is 11.6. The Hall–Kier alpha value is -1.38. The van der Waals surface area contributed by atoms with Crippen LogP contribution in [0, 0.1) is 0 Å². The maximum atomic E-state index is 12.2. The molecule has 114 valence electrons. The largest absolute Gasteiger partial charge is 0.315 e. The van der Waals surface area contributed by atoms with E-state index in [9.17, 15) is 8.42 Å². The molecule has 0 atom stereocenters. The minimum Gasteiger partial charge on any atom is -0.315 e. The van der Waals surface area contributed by atoms with E-state index >= 15 is 0 Å². The molecule has 0 spiro atoms. The van der Waals surface area contributed by atoms with Gasteiger partial charge in [0.15, 0.2) is 0 Å². The fraction of sp³-hybridized carbons (Fsp3) is 0.308. The molecule has 0 saturated heterocycles. The van der Waals surface area contributed by atoms with Gasteiger partial charge in [-0.25, -0.2) is 8.42 Å². The first-order valence-corrected chi connectivity index (χ1v) is 8.80. The molecule has 1 aromatic heterocycles. The zero-order valence-corrected chi connectivity index (χ0v) is 14.0. The standard InChI is InChI=1S/C13H17BrN4O2S/c1-2-15-7-8-18-10-13(9-16-18)21(19,20)17-12-5-3-11(14)4-6-12/h3-6,9-10,15,17H,2,7-8H2,1H3. The second-order valence-electron chi connectivity index (χ2n) is 4.41. The van der Waals surface area contributed by atoms with Gasteiger partial charge in [0.25, 0.3) is 10.0 Å². The van der Waals surface area contributed by atoms with Crippen molar-refractivity contribution in [2.75, 3.05) is 17.8 Å². The molecule has 2 N–H and O–H groups in total. The number of nitrogens with one attached hydrogen (secondary N) is 2. The summed E-state index contributed by atoms with van der Waals surface area (Å²) in [7, 11) is -3.60. The average molecular weight is 373 g/mol. The molecule has 0 amide bonds. The Morgan fingerprint density at radius 2 is 2.00 bits per heavy atom. The van der Waals surface area contributed by atoms with Gasteiger partial charge in [-0.05, 0) is 30.8 Å². The van der Waals surface area contributed by atoms with Crippen LogP contribution < -0.4 is 10.0 Å². The first-order chi connectivity index (χ1) is 10.0. The number of likely N-dealkylation sites (N-methyl/N-ethyl adjacent to an activating group) is 1. The minimum atomic E-state index is -3.60. The van der Waals surface area contributed by atoms with Crippen LogP contribution in [0.4, 0.5) is 5.69 Å². The van der Waals surface area contributed by atoms with E-state index < -0.39 is 10.0 Å². The zero-order chi connectivity index (χ0) is 15.3. The SMILES string of the molecule is CCNCCn1cc(S(=O)(=O)Nc2ccc(Br)cc2)cn1. The van der Waals surface area contributed by atoms with Gasteiger partial charge in [0.05, 0.1) is 12.7 Å². The maximum absolute atomic E-state index is 12.2. The van der Waals surface area contributed by atoms with Crippen LogP contribution in [0.2, 0.25) is 0 Å². The van der Waals surface area contributed by atoms with Crippen molar-refractivity contribution in [1.29, 1.82) is 0 Å². The van der Waals surface area contributed by atoms with E-state index in [0.29, 0.717) is 12.2 Å². The first-order valence-electron chi connectivity index (χ1n) is 6.53. The fourth-order valence-electron chi connectivity index (χ4n) is 1.71. The quantitative estimate of drug-likeness (QED) is 0.729. The Bertz CT molecular complexity index is 682. The normalized spacial score (nSPS) is 11.5. The predicted octanol–water partition coefficient (Wildman–Crippen LogP) is 2.06. The summed E-state index contributed by atoms with van der Waals surface area (Å²) in [6.45, 7) is 4.26. The summed E-state index contributed by atoms with van der Waals surface area (Å²) in [4.78, 5) is 0.155. The highest BCUT2D eigenvalue weighted by atomic mass is 79.9. The Balaban J connectivity index is 2.07. The molecule has 0 aliphatic heterocycles. The average Bonchev–Trinajstić information content (AvgIpc) is 2.91. The van der Waals surface area contributed by atoms with Gasteiger partial charge in [0.2, 0.25) is 0 Å². The molecular weight excluding hydrogens is 356 g/mol. The van der Waals surface area contributed by atoms with Crippen LogP contribution in [0.3, 0.4) is 0 Å². The second-order valence-corrected chi connectivity index (χ2v) is 7.00. The van der Waals surface area contributed by atoms with Gasteiger partial charge in [-0.1, -0.05) is 22.9 Å². The van der Waals surface area contributed by atoms with Crippen LogP contribution in [0.1, 0.15) is 6.92 Å². The van der Waals surface area contributed by atoms with Crippen LogP contribution in [0.15, 0.2) is 46.0 Å². The molecule has 0 unspecified atom stereocenters. The smallest absolute Gasteiger partial charge is 0.265 e. The molecule has 1 heterocycles. The van der Waals surface area contributed by atoms with Gasteiger partial charge in [0.1, 0.15) is 4.90 Å². The third kappa shape index (κ3) is 4.55. The second kappa shape index (κ2) is 7.06. The molecule has 0 radical (unpaired) electrons. The van der Waals surface area contributed by atoms with Gasteiger partial charge in [-0.3, -0.25) is 9.40 Å². The molecular formula is C13H17BrN4O2S. The summed E-state index contributed by atoms with van der Waals surface area (Å²) < 4.78 is 29.5. The number of halogens is 1. The highest BCUT2D eigenvalue weighted by molar-refractivity contribution is 9.10. The molecule has 0 aliphatic rings. The van der Waals surface area contributed by atoms with Crippen molar-refractivity contribution in [1.82, 2.24) is 15.1 Å². The molecule has 2 aromatic rings. The van der Waals surface area contributed by atoms with Crippen molar-refractivity contribution in [3.05, 3.63) is 41.1 Å². The van der Waals surface area contributed by atoms with E-state index in [4.69, 9.17) is 0 Å². The summed E-state index contributed by atoms with van der Waals surface area (Å²) in [5.74, 6) is 0. The number of hydrogen-bond donors (Lipinski definition) is 2. The number of aromatic nitrogens is 2. The Morgan fingerprint density at radius 1 is 1.29 bits per heavy atom. The third-order valence-corrected chi connectivity index (χ3v) is 4.65. The van der Waals surface area contributed by atoms with Gasteiger partial charge < -0.3 is 5.32 Å². The molecule has 1 aromatic carbocycles. The number of nitrogens with zero attached hydrogens (tertiary/aromatic N) is 2. The predicted molar refractivity (Wildman–Crippen MR) is 85.7 cm³/mol. The summed E-state index contributed by atoms with van der Waals surface area (Å²) >= 11 is 3.31. The van der Waals surface area contributed by atoms with E-state index in [-0.39, 0.29) is 4.90 Å². The summed E-state index contributed by atoms with van der Waals surface area (Å²) in [5.41, 5.74) is 0.513. The topological polar surface area (TPSA) is 76.0 Å². The van der Waals surface area contributed by atoms with Crippen molar-refractivity contribution < 1.29 is 8.42 Å². The van der Waals surface area contributed by atoms with E-state index in [1.165, 1.54) is 12.4 Å². The van der Waals surface area contributed by atoms with E-state index in [0.717, 1.165) is 17.6 Å². The summed E-state index contributed by atoms with van der Waals surface area (Å²) in [6.07, 6.45) is 2.88. The van der Waals surface area contributed by atoms with Gasteiger partial charge in [0, 0.05) is 22.9 Å². The molecule has 2 rings (SSSR count). The van der Waals surface area contributed by atoms with Gasteiger partial charge >= 0.3 is 0 Å². The lowest BCUT2D eigenvalue weighted by molar-refractivity contribution is 0.564. The van der Waals surface area contributed by atoms with Crippen LogP contribution in [0.25, 0.3) is 0 Å². The van der Waals surface area contributed by atoms with E-state index in [1.807, 2.05) is 6.92 Å². The van der Waals surface area contributed by atoms with Crippen molar-refractivity contribution in [2.24, 2.45) is 0 Å². The number of rotatable bonds is 7. The van der Waals surface area contributed by atoms with Crippen LogP contribution in [-0.2, 0) is 16.6 Å². The van der Waals surface area contributed by atoms with Crippen LogP contribution in [0.5, 0.6) is 0 Å². The molecule has 21 heavy (non-hydrogen) atoms. The molecule has 0 bridgehead atoms. The molecule has 0 aliphatic carbocycles. The number of hydrogen-bond acceptors (Lipinski definition) is 4. The van der Waals surface area contributed by atoms with E-state index in [1.54, 1.807) is 28.9 Å². The first kappa shape index (κ1) is 16.0. The minimum absolute atomic E-state index is 0.155. The Morgan fingerprint density at radius 3 is 2.67 bits per heavy atom. The van der Waals surface area contributed by atoms with Gasteiger partial charge in [-0.2, -0.15) is 5.10 Å². The van der Waals surface area contributed by atoms with Crippen molar-refractivity contribution in [2.45, 2.75) is 18.4 Å². The molecule has 0 saturated carbocycles. The molecule has 6 nitrogen and oxygen atoms in total. The Labute approximate surface area is 132 Å². The summed E-state index contributed by atoms with van der Waals surface area (Å²) in [5, 5.41) is 7.22. The van der Waals surface area contributed by atoms with Crippen LogP contribution in [-0.4, -0.2) is 31.3 Å². The molecule has 8 heteroatoms. The van der Waals surface area contributed by atoms with Crippen molar-refractivity contribution in [3.8, 4) is 0 Å². The highest BCUT2D eigenvalue weighted by Crippen LogP contribution is 2.18. The third-order valence-electron chi connectivity index (χ3n) is 2.78. The molecule has 0 fully saturated rings. The van der Waals surface area contributed by atoms with Gasteiger partial charge in [-0.15, -0.1) is 0 Å². The summed E-state index contributed by atoms with van der Waals surface area (Å²) in [6, 6.07) is 6.93. The lowest BCUT2D eigenvalue weighted by atomic mass is 10.3. The lowest BCUT2D eigenvalue weighted by Crippen LogP contribution is -2.19. The monoisotopic (exact) mass is 372 g/mol. The Kier molecular flexibility index (Phi) is 5.38. The number of anilines is 1.